The van der Waals surface area contributed by atoms with Crippen molar-refractivity contribution >= 4 is 24.5 Å². The monoisotopic (exact) mass is 357 g/mol. The molecule has 136 valence electrons. The van der Waals surface area contributed by atoms with Gasteiger partial charge in [-0.25, -0.2) is 4.79 Å². The Labute approximate surface area is 149 Å². The zero-order valence-corrected chi connectivity index (χ0v) is 16.5. The van der Waals surface area contributed by atoms with Gasteiger partial charge in [-0.1, -0.05) is 34.6 Å². The van der Waals surface area contributed by atoms with Crippen molar-refractivity contribution in [3.63, 3.8) is 0 Å². The van der Waals surface area contributed by atoms with Gasteiger partial charge in [-0.3, -0.25) is 10.1 Å². The van der Waals surface area contributed by atoms with E-state index in [1.54, 1.807) is 19.9 Å². The Kier molecular flexibility index (Phi) is 7.76. The minimum atomic E-state index is -0.919. The van der Waals surface area contributed by atoms with E-state index in [1.165, 1.54) is 13.2 Å². The maximum Gasteiger partial charge on any atom is 0.513 e. The van der Waals surface area contributed by atoms with Gasteiger partial charge in [-0.2, -0.15) is 12.6 Å². The maximum absolute atomic E-state index is 11.4. The van der Waals surface area contributed by atoms with Gasteiger partial charge in [-0.05, 0) is 25.3 Å². The molecule has 0 radical (unpaired) electrons. The number of ether oxygens (including phenoxy) is 2. The quantitative estimate of drug-likeness (QED) is 0.263. The van der Waals surface area contributed by atoms with Crippen LogP contribution in [0.5, 0.6) is 5.75 Å². The Balaban J connectivity index is 0.00000254. The molecule has 0 saturated heterocycles. The van der Waals surface area contributed by atoms with Gasteiger partial charge < -0.3 is 9.47 Å². The van der Waals surface area contributed by atoms with Gasteiger partial charge in [0.2, 0.25) is 0 Å². The first-order valence-electron chi connectivity index (χ1n) is 7.69. The van der Waals surface area contributed by atoms with E-state index in [9.17, 15) is 14.9 Å². The first-order valence-corrected chi connectivity index (χ1v) is 8.14. The summed E-state index contributed by atoms with van der Waals surface area (Å²) >= 11 is 4.44. The van der Waals surface area contributed by atoms with Gasteiger partial charge in [-0.15, -0.1) is 0 Å². The number of rotatable bonds is 3. The summed E-state index contributed by atoms with van der Waals surface area (Å²) in [6.07, 6.45) is -0.919. The van der Waals surface area contributed by atoms with Crippen molar-refractivity contribution in [1.29, 1.82) is 0 Å². The molecule has 0 amide bonds. The predicted octanol–water partition coefficient (Wildman–Crippen LogP) is 5.23. The standard InChI is InChI=1S/C15H21NO5S.C2H6/c1-14(2,3)10-7-9(15(4,5)22)11(16(18)19)8-12(10)21-13(17)20-6;1-2/h7-8,22H,1-6H3;1-2H3. The molecule has 0 bridgehead atoms. The largest absolute Gasteiger partial charge is 0.513 e. The lowest BCUT2D eigenvalue weighted by molar-refractivity contribution is -0.385. The third kappa shape index (κ3) is 5.70. The van der Waals surface area contributed by atoms with Crippen LogP contribution >= 0.6 is 12.6 Å². The van der Waals surface area contributed by atoms with Crippen molar-refractivity contribution in [2.45, 2.75) is 58.6 Å². The summed E-state index contributed by atoms with van der Waals surface area (Å²) < 4.78 is 8.85. The molecule has 1 aromatic rings. The molecule has 24 heavy (non-hydrogen) atoms. The highest BCUT2D eigenvalue weighted by atomic mass is 32.1. The van der Waals surface area contributed by atoms with E-state index in [-0.39, 0.29) is 16.9 Å². The molecule has 7 heteroatoms. The summed E-state index contributed by atoms with van der Waals surface area (Å²) in [6, 6.07) is 2.92. The molecular formula is C17H27NO5S. The smallest absolute Gasteiger partial charge is 0.437 e. The van der Waals surface area contributed by atoms with Crippen LogP contribution in [0, 0.1) is 10.1 Å². The number of hydrogen-bond acceptors (Lipinski definition) is 6. The molecule has 1 aromatic carbocycles. The first-order chi connectivity index (χ1) is 10.9. The highest BCUT2D eigenvalue weighted by Gasteiger charge is 2.32. The molecule has 0 aliphatic carbocycles. The highest BCUT2D eigenvalue weighted by Crippen LogP contribution is 2.42. The zero-order chi connectivity index (χ0) is 19.3. The Morgan fingerprint density at radius 3 is 1.96 bits per heavy atom. The van der Waals surface area contributed by atoms with Crippen LogP contribution in [0.25, 0.3) is 0 Å². The van der Waals surface area contributed by atoms with Gasteiger partial charge in [0.05, 0.1) is 18.1 Å². The molecule has 0 aromatic heterocycles. The number of methoxy groups -OCH3 is 1. The van der Waals surface area contributed by atoms with Gasteiger partial charge in [0.25, 0.3) is 5.69 Å². The Morgan fingerprint density at radius 2 is 1.62 bits per heavy atom. The summed E-state index contributed by atoms with van der Waals surface area (Å²) in [5, 5.41) is 11.3. The Hall–Kier alpha value is -1.76. The minimum absolute atomic E-state index is 0.118. The van der Waals surface area contributed by atoms with E-state index in [2.05, 4.69) is 17.4 Å². The zero-order valence-electron chi connectivity index (χ0n) is 15.6. The fourth-order valence-electron chi connectivity index (χ4n) is 2.01. The van der Waals surface area contributed by atoms with Crippen LogP contribution in [0.1, 0.15) is 59.6 Å². The van der Waals surface area contributed by atoms with E-state index in [4.69, 9.17) is 4.74 Å². The van der Waals surface area contributed by atoms with E-state index < -0.39 is 15.8 Å². The third-order valence-corrected chi connectivity index (χ3v) is 3.36. The number of hydrogen-bond donors (Lipinski definition) is 1. The van der Waals surface area contributed by atoms with E-state index in [0.29, 0.717) is 11.1 Å². The maximum atomic E-state index is 11.4. The number of carbonyl (C=O) groups excluding carboxylic acids is 1. The second-order valence-electron chi connectivity index (χ2n) is 6.49. The molecule has 0 atom stereocenters. The summed E-state index contributed by atoms with van der Waals surface area (Å²) in [6.45, 7) is 13.3. The summed E-state index contributed by atoms with van der Waals surface area (Å²) in [7, 11) is 1.18. The second-order valence-corrected chi connectivity index (χ2v) is 7.61. The molecule has 0 fully saturated rings. The molecule has 1 rings (SSSR count). The summed E-state index contributed by atoms with van der Waals surface area (Å²) in [5.74, 6) is 0.118. The topological polar surface area (TPSA) is 78.7 Å². The second kappa shape index (κ2) is 8.37. The number of thiol groups is 1. The number of carbonyl (C=O) groups is 1. The Bertz CT molecular complexity index is 600. The van der Waals surface area contributed by atoms with Crippen LogP contribution < -0.4 is 4.74 Å². The minimum Gasteiger partial charge on any atom is -0.437 e. The van der Waals surface area contributed by atoms with E-state index in [0.717, 1.165) is 0 Å². The molecule has 0 N–H and O–H groups in total. The van der Waals surface area contributed by atoms with Crippen molar-refractivity contribution in [2.75, 3.05) is 7.11 Å². The van der Waals surface area contributed by atoms with Gasteiger partial charge in [0.1, 0.15) is 5.75 Å². The molecule has 0 heterocycles. The van der Waals surface area contributed by atoms with Crippen LogP contribution in [-0.2, 0) is 14.9 Å². The molecule has 0 saturated carbocycles. The van der Waals surface area contributed by atoms with Crippen molar-refractivity contribution in [2.24, 2.45) is 0 Å². The Morgan fingerprint density at radius 1 is 1.12 bits per heavy atom. The van der Waals surface area contributed by atoms with Crippen LogP contribution in [0.4, 0.5) is 10.5 Å². The van der Waals surface area contributed by atoms with Crippen LogP contribution in [0.15, 0.2) is 12.1 Å². The summed E-state index contributed by atoms with van der Waals surface area (Å²) in [5.41, 5.74) is 0.599. The van der Waals surface area contributed by atoms with Gasteiger partial charge >= 0.3 is 6.16 Å². The normalized spacial score (nSPS) is 11.2. The molecule has 0 unspecified atom stereocenters. The molecular weight excluding hydrogens is 330 g/mol. The summed E-state index contributed by atoms with van der Waals surface area (Å²) in [4.78, 5) is 22.2. The molecule has 0 spiro atoms. The van der Waals surface area contributed by atoms with Crippen LogP contribution in [0.3, 0.4) is 0 Å². The average Bonchev–Trinajstić information content (AvgIpc) is 2.46. The van der Waals surface area contributed by atoms with Gasteiger partial charge in [0, 0.05) is 15.9 Å². The average molecular weight is 357 g/mol. The fourth-order valence-corrected chi connectivity index (χ4v) is 2.19. The van der Waals surface area contributed by atoms with Crippen LogP contribution in [0.2, 0.25) is 0 Å². The van der Waals surface area contributed by atoms with Crippen molar-refractivity contribution in [3.05, 3.63) is 33.4 Å². The van der Waals surface area contributed by atoms with Gasteiger partial charge in [0.15, 0.2) is 0 Å². The number of nitro benzene ring substituents is 1. The van der Waals surface area contributed by atoms with Crippen LogP contribution in [-0.4, -0.2) is 18.2 Å². The lowest BCUT2D eigenvalue weighted by Gasteiger charge is -2.26. The van der Waals surface area contributed by atoms with Crippen molar-refractivity contribution < 1.29 is 19.2 Å². The fraction of sp³-hybridized carbons (Fsp3) is 0.588. The lowest BCUT2D eigenvalue weighted by Crippen LogP contribution is -2.19. The van der Waals surface area contributed by atoms with E-state index >= 15 is 0 Å². The number of benzene rings is 1. The number of nitro groups is 1. The molecule has 6 nitrogen and oxygen atoms in total. The molecule has 0 aliphatic rings. The third-order valence-electron chi connectivity index (χ3n) is 3.12. The molecule has 0 aliphatic heterocycles. The highest BCUT2D eigenvalue weighted by molar-refractivity contribution is 7.81. The van der Waals surface area contributed by atoms with E-state index in [1.807, 2.05) is 34.6 Å². The first kappa shape index (κ1) is 22.2. The van der Waals surface area contributed by atoms with Crippen molar-refractivity contribution in [1.82, 2.24) is 0 Å². The van der Waals surface area contributed by atoms with Crippen molar-refractivity contribution in [3.8, 4) is 5.75 Å². The lowest BCUT2D eigenvalue weighted by atomic mass is 9.83. The SMILES string of the molecule is CC.COC(=O)Oc1cc([N+](=O)[O-])c(C(C)(C)S)cc1C(C)(C)C. The number of nitrogens with zero attached hydrogens (tertiary/aromatic N) is 1. The predicted molar refractivity (Wildman–Crippen MR) is 98.2 cm³/mol.